The molecule has 0 saturated carbocycles. The van der Waals surface area contributed by atoms with Crippen LogP contribution in [0.4, 0.5) is 5.69 Å². The number of aromatic nitrogens is 2. The summed E-state index contributed by atoms with van der Waals surface area (Å²) < 4.78 is 5.58. The second-order valence-corrected chi connectivity index (χ2v) is 6.83. The molecular weight excluding hydrogens is 366 g/mol. The normalized spacial score (nSPS) is 18.1. The van der Waals surface area contributed by atoms with E-state index in [0.29, 0.717) is 36.3 Å². The maximum atomic E-state index is 11.1. The minimum Gasteiger partial charge on any atom is -0.410 e. The fourth-order valence-electron chi connectivity index (χ4n) is 3.36. The summed E-state index contributed by atoms with van der Waals surface area (Å²) in [5.41, 5.74) is 2.86. The van der Waals surface area contributed by atoms with Gasteiger partial charge in [-0.15, -0.1) is 0 Å². The number of nitriles is 1. The largest absolute Gasteiger partial charge is 0.410 e. The zero-order valence-corrected chi connectivity index (χ0v) is 15.5. The van der Waals surface area contributed by atoms with Gasteiger partial charge in [0, 0.05) is 29.4 Å². The lowest BCUT2D eigenvalue weighted by Crippen LogP contribution is -2.37. The molecule has 1 aromatic heterocycles. The van der Waals surface area contributed by atoms with Crippen LogP contribution in [0.1, 0.15) is 18.1 Å². The highest BCUT2D eigenvalue weighted by molar-refractivity contribution is 6.70. The number of carbonyl (C=O) groups excluding carboxylic acids is 1. The second kappa shape index (κ2) is 8.05. The van der Waals surface area contributed by atoms with Crippen molar-refractivity contribution in [1.82, 2.24) is 9.97 Å². The minimum atomic E-state index is -0.470. The summed E-state index contributed by atoms with van der Waals surface area (Å²) in [4.78, 5) is 21.0. The Balaban J connectivity index is 2.13. The van der Waals surface area contributed by atoms with Gasteiger partial charge in [0.25, 0.3) is 0 Å². The Hall–Kier alpha value is -2.47. The SMILES string of the molecule is CC1(COCCO)CN([B]C=O)c2c(C#N)cc(-c3ccnc(Cl)n3)cc21. The zero-order valence-electron chi connectivity index (χ0n) is 14.7. The monoisotopic (exact) mass is 383 g/mol. The van der Waals surface area contributed by atoms with E-state index in [2.05, 4.69) is 16.0 Å². The minimum absolute atomic E-state index is 0.0734. The predicted molar refractivity (Wildman–Crippen MR) is 102 cm³/mol. The number of aliphatic hydroxyl groups excluding tert-OH is 1. The maximum Gasteiger partial charge on any atom is 0.329 e. The number of anilines is 1. The van der Waals surface area contributed by atoms with Gasteiger partial charge in [-0.25, -0.2) is 9.97 Å². The van der Waals surface area contributed by atoms with Crippen LogP contribution in [-0.2, 0) is 14.9 Å². The third-order valence-corrected chi connectivity index (χ3v) is 4.69. The first-order valence-corrected chi connectivity index (χ1v) is 8.71. The summed E-state index contributed by atoms with van der Waals surface area (Å²) in [6, 6.07) is 7.60. The van der Waals surface area contributed by atoms with Gasteiger partial charge in [-0.05, 0) is 35.4 Å². The number of carbonyl (C=O) groups is 1. The number of rotatable bonds is 7. The molecule has 1 aliphatic heterocycles. The van der Waals surface area contributed by atoms with Crippen molar-refractivity contribution in [2.24, 2.45) is 0 Å². The van der Waals surface area contributed by atoms with Gasteiger partial charge in [-0.3, -0.25) is 0 Å². The zero-order chi connectivity index (χ0) is 19.4. The van der Waals surface area contributed by atoms with E-state index in [4.69, 9.17) is 21.4 Å². The van der Waals surface area contributed by atoms with Crippen molar-refractivity contribution in [1.29, 1.82) is 5.26 Å². The molecule has 0 bridgehead atoms. The van der Waals surface area contributed by atoms with Crippen molar-refractivity contribution in [3.8, 4) is 17.3 Å². The molecule has 1 atom stereocenters. The van der Waals surface area contributed by atoms with Gasteiger partial charge in [0.05, 0.1) is 31.1 Å². The van der Waals surface area contributed by atoms with E-state index in [1.807, 2.05) is 13.0 Å². The van der Waals surface area contributed by atoms with E-state index in [1.54, 1.807) is 23.1 Å². The first kappa shape index (κ1) is 19.3. The first-order valence-electron chi connectivity index (χ1n) is 8.34. The maximum absolute atomic E-state index is 11.1. The van der Waals surface area contributed by atoms with Crippen molar-refractivity contribution in [2.45, 2.75) is 12.3 Å². The molecule has 0 spiro atoms. The van der Waals surface area contributed by atoms with Crippen LogP contribution in [0, 0.1) is 11.3 Å². The number of halogens is 1. The van der Waals surface area contributed by atoms with Crippen LogP contribution in [0.2, 0.25) is 5.28 Å². The molecule has 0 saturated heterocycles. The molecule has 0 fully saturated rings. The molecule has 3 rings (SSSR count). The lowest BCUT2D eigenvalue weighted by Gasteiger charge is -2.25. The quantitative estimate of drug-likeness (QED) is 0.335. The van der Waals surface area contributed by atoms with Crippen molar-refractivity contribution in [3.05, 3.63) is 40.8 Å². The number of hydrogen-bond donors (Lipinski definition) is 1. The van der Waals surface area contributed by atoms with Crippen LogP contribution in [0.5, 0.6) is 0 Å². The van der Waals surface area contributed by atoms with Crippen molar-refractivity contribution in [2.75, 3.05) is 31.2 Å². The molecule has 1 radical (unpaired) electrons. The average Bonchev–Trinajstić information content (AvgIpc) is 2.94. The van der Waals surface area contributed by atoms with E-state index in [9.17, 15) is 10.1 Å². The topological polar surface area (TPSA) is 99.3 Å². The lowest BCUT2D eigenvalue weighted by atomic mass is 9.83. The van der Waals surface area contributed by atoms with Crippen LogP contribution in [0.25, 0.3) is 11.3 Å². The van der Waals surface area contributed by atoms with E-state index in [1.165, 1.54) is 7.41 Å². The Bertz CT molecular complexity index is 905. The van der Waals surface area contributed by atoms with Gasteiger partial charge in [0.1, 0.15) is 12.3 Å². The highest BCUT2D eigenvalue weighted by Crippen LogP contribution is 2.44. The Kier molecular flexibility index (Phi) is 5.75. The summed E-state index contributed by atoms with van der Waals surface area (Å²) in [7, 11) is 1.41. The Labute approximate surface area is 162 Å². The molecule has 2 heterocycles. The molecule has 27 heavy (non-hydrogen) atoms. The number of hydrogen-bond acceptors (Lipinski definition) is 7. The van der Waals surface area contributed by atoms with Gasteiger partial charge in [0.15, 0.2) is 0 Å². The summed E-state index contributed by atoms with van der Waals surface area (Å²) in [5.74, 6) is 0. The highest BCUT2D eigenvalue weighted by Gasteiger charge is 2.41. The molecule has 1 aliphatic rings. The molecule has 9 heteroatoms. The smallest absolute Gasteiger partial charge is 0.329 e. The van der Waals surface area contributed by atoms with Crippen LogP contribution in [0.15, 0.2) is 24.4 Å². The van der Waals surface area contributed by atoms with Gasteiger partial charge >= 0.3 is 7.41 Å². The molecular formula is C18H17BClN4O3. The average molecular weight is 384 g/mol. The number of aliphatic hydroxyl groups is 1. The van der Waals surface area contributed by atoms with E-state index >= 15 is 0 Å². The summed E-state index contributed by atoms with van der Waals surface area (Å²) >= 11 is 5.91. The van der Waals surface area contributed by atoms with Crippen molar-refractivity contribution >= 4 is 30.9 Å². The van der Waals surface area contributed by atoms with E-state index < -0.39 is 5.41 Å². The molecule has 7 nitrogen and oxygen atoms in total. The third kappa shape index (κ3) is 3.81. The van der Waals surface area contributed by atoms with Crippen LogP contribution in [-0.4, -0.2) is 55.0 Å². The summed E-state index contributed by atoms with van der Waals surface area (Å²) in [6.45, 7) is 2.96. The first-order chi connectivity index (χ1) is 13.0. The van der Waals surface area contributed by atoms with E-state index in [-0.39, 0.29) is 18.5 Å². The molecule has 137 valence electrons. The fraction of sp³-hybridized carbons (Fsp3) is 0.333. The summed E-state index contributed by atoms with van der Waals surface area (Å²) in [6.07, 6.45) is 2.25. The van der Waals surface area contributed by atoms with Crippen LogP contribution < -0.4 is 4.81 Å². The number of fused-ring (bicyclic) bond motifs is 1. The van der Waals surface area contributed by atoms with E-state index in [0.717, 1.165) is 11.1 Å². The number of benzene rings is 1. The molecule has 0 aliphatic carbocycles. The Morgan fingerprint density at radius 1 is 1.56 bits per heavy atom. The van der Waals surface area contributed by atoms with Gasteiger partial charge in [-0.1, -0.05) is 6.92 Å². The molecule has 1 aromatic carbocycles. The van der Waals surface area contributed by atoms with Gasteiger partial charge in [-0.2, -0.15) is 5.26 Å². The van der Waals surface area contributed by atoms with Gasteiger partial charge < -0.3 is 19.4 Å². The third-order valence-electron chi connectivity index (χ3n) is 4.51. The summed E-state index contributed by atoms with van der Waals surface area (Å²) in [5, 5.41) is 18.8. The second-order valence-electron chi connectivity index (χ2n) is 6.49. The van der Waals surface area contributed by atoms with Gasteiger partial charge in [0.2, 0.25) is 5.28 Å². The molecule has 0 amide bonds. The van der Waals surface area contributed by atoms with Crippen LogP contribution in [0.3, 0.4) is 0 Å². The lowest BCUT2D eigenvalue weighted by molar-refractivity contribution is 0.0639. The van der Waals surface area contributed by atoms with Crippen LogP contribution >= 0.6 is 11.6 Å². The highest BCUT2D eigenvalue weighted by atomic mass is 35.5. The van der Waals surface area contributed by atoms with Crippen molar-refractivity contribution in [3.63, 3.8) is 0 Å². The number of nitrogens with zero attached hydrogens (tertiary/aromatic N) is 4. The predicted octanol–water partition coefficient (Wildman–Crippen LogP) is 1.56. The standard InChI is InChI=1S/C18H17BClN4O3/c1-18(10-27-5-4-25)9-24(19-11-26)16-13(8-21)6-12(7-14(16)18)15-2-3-22-17(20)23-15/h2-3,6-7,11,25H,4-5,9-10H2,1H3. The fourth-order valence-corrected chi connectivity index (χ4v) is 3.51. The number of ether oxygens (including phenoxy) is 1. The van der Waals surface area contributed by atoms with Crippen molar-refractivity contribution < 1.29 is 14.6 Å². The molecule has 2 aromatic rings. The Morgan fingerprint density at radius 2 is 2.37 bits per heavy atom. The molecule has 1 N–H and O–H groups in total. The molecule has 1 unspecified atom stereocenters. The Morgan fingerprint density at radius 3 is 3.04 bits per heavy atom.